The molecule has 0 unspecified atom stereocenters. The van der Waals surface area contributed by atoms with E-state index >= 15 is 0 Å². The Morgan fingerprint density at radius 3 is 2.52 bits per heavy atom. The van der Waals surface area contributed by atoms with Gasteiger partial charge in [-0.2, -0.15) is 0 Å². The van der Waals surface area contributed by atoms with Crippen molar-refractivity contribution in [1.82, 2.24) is 5.32 Å². The lowest BCUT2D eigenvalue weighted by Gasteiger charge is -2.10. The van der Waals surface area contributed by atoms with Crippen molar-refractivity contribution >= 4 is 11.6 Å². The van der Waals surface area contributed by atoms with Crippen molar-refractivity contribution in [3.63, 3.8) is 0 Å². The van der Waals surface area contributed by atoms with Crippen LogP contribution in [0.25, 0.3) is 0 Å². The fourth-order valence-corrected chi connectivity index (χ4v) is 2.07. The molecule has 0 aliphatic carbocycles. The highest BCUT2D eigenvalue weighted by molar-refractivity contribution is 5.78. The summed E-state index contributed by atoms with van der Waals surface area (Å²) in [5.74, 6) is 0.296. The van der Waals surface area contributed by atoms with Gasteiger partial charge in [0, 0.05) is 24.8 Å². The van der Waals surface area contributed by atoms with E-state index in [-0.39, 0.29) is 5.91 Å². The van der Waals surface area contributed by atoms with Gasteiger partial charge in [-0.15, -0.1) is 0 Å². The molecule has 2 aromatic carbocycles. The minimum absolute atomic E-state index is 0.000363. The van der Waals surface area contributed by atoms with E-state index in [2.05, 4.69) is 10.6 Å². The van der Waals surface area contributed by atoms with Crippen LogP contribution < -0.4 is 10.6 Å². The van der Waals surface area contributed by atoms with E-state index in [9.17, 15) is 9.90 Å². The summed E-state index contributed by atoms with van der Waals surface area (Å²) in [5, 5.41) is 15.7. The molecule has 0 bridgehead atoms. The Morgan fingerprint density at radius 2 is 1.86 bits per heavy atom. The maximum absolute atomic E-state index is 11.3. The Kier molecular flexibility index (Phi) is 4.82. The first-order chi connectivity index (χ1) is 10.1. The van der Waals surface area contributed by atoms with Crippen LogP contribution in [-0.4, -0.2) is 18.1 Å². The van der Waals surface area contributed by atoms with Crippen LogP contribution in [0.15, 0.2) is 42.5 Å². The number of hydrogen-bond donors (Lipinski definition) is 3. The monoisotopic (exact) mass is 284 g/mol. The highest BCUT2D eigenvalue weighted by Crippen LogP contribution is 2.20. The largest absolute Gasteiger partial charge is 0.508 e. The first-order valence-electron chi connectivity index (χ1n) is 6.90. The van der Waals surface area contributed by atoms with E-state index in [0.717, 1.165) is 22.4 Å². The molecule has 1 amide bonds. The topological polar surface area (TPSA) is 61.4 Å². The number of rotatable bonds is 5. The van der Waals surface area contributed by atoms with Crippen molar-refractivity contribution in [2.24, 2.45) is 0 Å². The van der Waals surface area contributed by atoms with Crippen LogP contribution in [0.4, 0.5) is 5.69 Å². The van der Waals surface area contributed by atoms with Gasteiger partial charge in [-0.1, -0.05) is 29.8 Å². The molecule has 21 heavy (non-hydrogen) atoms. The number of phenolic OH excluding ortho intramolecular Hbond substituents is 1. The zero-order chi connectivity index (χ0) is 15.2. The van der Waals surface area contributed by atoms with Crippen molar-refractivity contribution in [1.29, 1.82) is 0 Å². The Morgan fingerprint density at radius 1 is 1.14 bits per heavy atom. The number of carbonyl (C=O) groups is 1. The number of aromatic hydroxyl groups is 1. The number of nitrogens with one attached hydrogen (secondary N) is 2. The quantitative estimate of drug-likeness (QED) is 0.791. The van der Waals surface area contributed by atoms with E-state index in [1.54, 1.807) is 13.1 Å². The Labute approximate surface area is 124 Å². The molecule has 0 aliphatic rings. The lowest BCUT2D eigenvalue weighted by atomic mass is 10.1. The molecule has 0 aliphatic heterocycles. The van der Waals surface area contributed by atoms with Crippen molar-refractivity contribution in [3.8, 4) is 5.75 Å². The van der Waals surface area contributed by atoms with Crippen molar-refractivity contribution in [2.75, 3.05) is 12.4 Å². The van der Waals surface area contributed by atoms with Crippen LogP contribution >= 0.6 is 0 Å². The first-order valence-corrected chi connectivity index (χ1v) is 6.90. The minimum atomic E-state index is 0.000363. The molecule has 2 aromatic rings. The van der Waals surface area contributed by atoms with Crippen LogP contribution in [0.3, 0.4) is 0 Å². The third kappa shape index (κ3) is 4.24. The predicted octanol–water partition coefficient (Wildman–Crippen LogP) is 2.60. The summed E-state index contributed by atoms with van der Waals surface area (Å²) in [5.41, 5.74) is 3.91. The smallest absolute Gasteiger partial charge is 0.224 e. The number of hydrogen-bond acceptors (Lipinski definition) is 3. The van der Waals surface area contributed by atoms with Crippen LogP contribution in [0.2, 0.25) is 0 Å². The molecule has 0 radical (unpaired) electrons. The number of amides is 1. The van der Waals surface area contributed by atoms with Gasteiger partial charge in [0.2, 0.25) is 5.91 Å². The second kappa shape index (κ2) is 6.79. The van der Waals surface area contributed by atoms with Gasteiger partial charge in [-0.3, -0.25) is 4.79 Å². The lowest BCUT2D eigenvalue weighted by molar-refractivity contribution is -0.119. The summed E-state index contributed by atoms with van der Waals surface area (Å²) in [6.07, 6.45) is 0.384. The van der Waals surface area contributed by atoms with E-state index in [1.807, 2.05) is 43.3 Å². The van der Waals surface area contributed by atoms with Crippen molar-refractivity contribution < 1.29 is 9.90 Å². The molecule has 0 spiro atoms. The molecule has 0 saturated carbocycles. The zero-order valence-corrected chi connectivity index (χ0v) is 12.3. The maximum Gasteiger partial charge on any atom is 0.224 e. The molecule has 0 saturated heterocycles. The summed E-state index contributed by atoms with van der Waals surface area (Å²) in [7, 11) is 1.63. The average molecular weight is 284 g/mol. The molecule has 3 N–H and O–H groups in total. The maximum atomic E-state index is 11.3. The molecule has 0 fully saturated rings. The Hall–Kier alpha value is -2.49. The zero-order valence-electron chi connectivity index (χ0n) is 12.3. The molecule has 4 nitrogen and oxygen atoms in total. The Bertz CT molecular complexity index is 621. The fraction of sp³-hybridized carbons (Fsp3) is 0.235. The number of carbonyl (C=O) groups excluding carboxylic acids is 1. The Balaban J connectivity index is 1.97. The van der Waals surface area contributed by atoms with Crippen LogP contribution in [0.5, 0.6) is 5.75 Å². The van der Waals surface area contributed by atoms with Gasteiger partial charge < -0.3 is 15.7 Å². The van der Waals surface area contributed by atoms with Gasteiger partial charge in [-0.05, 0) is 30.7 Å². The fourth-order valence-electron chi connectivity index (χ4n) is 2.07. The van der Waals surface area contributed by atoms with E-state index < -0.39 is 0 Å². The van der Waals surface area contributed by atoms with Gasteiger partial charge in [0.1, 0.15) is 5.75 Å². The summed E-state index contributed by atoms with van der Waals surface area (Å²) in [6, 6.07) is 13.3. The number of likely N-dealkylation sites (N-methyl/N-ethyl adjacent to an activating group) is 1. The minimum Gasteiger partial charge on any atom is -0.508 e. The lowest BCUT2D eigenvalue weighted by Crippen LogP contribution is -2.19. The number of anilines is 1. The van der Waals surface area contributed by atoms with Gasteiger partial charge in [0.25, 0.3) is 0 Å². The number of aryl methyl sites for hydroxylation is 1. The molecule has 0 atom stereocenters. The number of phenols is 1. The summed E-state index contributed by atoms with van der Waals surface area (Å²) in [6.45, 7) is 2.55. The normalized spacial score (nSPS) is 10.2. The van der Waals surface area contributed by atoms with E-state index in [1.165, 1.54) is 0 Å². The highest BCUT2D eigenvalue weighted by Gasteiger charge is 2.03. The molecular formula is C17H20N2O2. The van der Waals surface area contributed by atoms with E-state index in [0.29, 0.717) is 18.7 Å². The standard InChI is InChI=1S/C17H20N2O2/c1-12-3-8-16(20)14(9-12)11-19-15-6-4-13(5-7-15)10-17(21)18-2/h3-9,19-20H,10-11H2,1-2H3,(H,18,21). The molecule has 2 rings (SSSR count). The molecule has 4 heteroatoms. The molecular weight excluding hydrogens is 264 g/mol. The van der Waals surface area contributed by atoms with Crippen LogP contribution in [0.1, 0.15) is 16.7 Å². The van der Waals surface area contributed by atoms with Gasteiger partial charge in [0.05, 0.1) is 6.42 Å². The van der Waals surface area contributed by atoms with Gasteiger partial charge >= 0.3 is 0 Å². The third-order valence-corrected chi connectivity index (χ3v) is 3.32. The van der Waals surface area contributed by atoms with E-state index in [4.69, 9.17) is 0 Å². The molecule has 110 valence electrons. The van der Waals surface area contributed by atoms with Crippen LogP contribution in [-0.2, 0) is 17.8 Å². The third-order valence-electron chi connectivity index (χ3n) is 3.32. The van der Waals surface area contributed by atoms with Gasteiger partial charge in [0.15, 0.2) is 0 Å². The summed E-state index contributed by atoms with van der Waals surface area (Å²) < 4.78 is 0. The van der Waals surface area contributed by atoms with Crippen LogP contribution in [0, 0.1) is 6.92 Å². The molecule has 0 heterocycles. The predicted molar refractivity (Wildman–Crippen MR) is 84.4 cm³/mol. The highest BCUT2D eigenvalue weighted by atomic mass is 16.3. The SMILES string of the molecule is CNC(=O)Cc1ccc(NCc2cc(C)ccc2O)cc1. The average Bonchev–Trinajstić information content (AvgIpc) is 2.49. The second-order valence-corrected chi connectivity index (χ2v) is 5.03. The van der Waals surface area contributed by atoms with Crippen molar-refractivity contribution in [2.45, 2.75) is 19.9 Å². The van der Waals surface area contributed by atoms with Crippen molar-refractivity contribution in [3.05, 3.63) is 59.2 Å². The molecule has 0 aromatic heterocycles. The van der Waals surface area contributed by atoms with Gasteiger partial charge in [-0.25, -0.2) is 0 Å². The number of benzene rings is 2. The first kappa shape index (κ1) is 14.9. The summed E-state index contributed by atoms with van der Waals surface area (Å²) in [4.78, 5) is 11.3. The summed E-state index contributed by atoms with van der Waals surface area (Å²) >= 11 is 0. The second-order valence-electron chi connectivity index (χ2n) is 5.03.